The zero-order valence-corrected chi connectivity index (χ0v) is 22.6. The standard InChI is InChI=1S/C30H34N4O6/c1-2-3-14-34(22-7-6-12-31-17-22)28(36)19-33-18-23(21-9-10-25-26(16-21)40-20-39-25)29(30(37)38)24(33)11-15-32-13-5-4-8-27(32)35/h4-7,9-10,12-13,16-17,23-24,29H,2-3,8,11,14-15,18-20H2,1H3/p+1/t23-,24+,29-/m1/s1. The molecule has 10 heteroatoms. The lowest BCUT2D eigenvalue weighted by molar-refractivity contribution is -0.446. The van der Waals surface area contributed by atoms with Gasteiger partial charge >= 0.3 is 11.9 Å². The second-order valence-electron chi connectivity index (χ2n) is 10.3. The van der Waals surface area contributed by atoms with Gasteiger partial charge in [-0.2, -0.15) is 4.58 Å². The highest BCUT2D eigenvalue weighted by molar-refractivity contribution is 5.94. The molecule has 210 valence electrons. The molecule has 3 aliphatic heterocycles. The van der Waals surface area contributed by atoms with Gasteiger partial charge in [-0.1, -0.05) is 25.5 Å². The summed E-state index contributed by atoms with van der Waals surface area (Å²) in [6.07, 6.45) is 11.2. The number of carbonyl (C=O) groups excluding carboxylic acids is 2. The van der Waals surface area contributed by atoms with E-state index in [0.717, 1.165) is 24.1 Å². The minimum Gasteiger partial charge on any atom is -0.481 e. The summed E-state index contributed by atoms with van der Waals surface area (Å²) in [6, 6.07) is 8.75. The molecule has 0 aliphatic carbocycles. The highest BCUT2D eigenvalue weighted by atomic mass is 16.7. The normalized spacial score (nSPS) is 21.9. The number of ether oxygens (including phenoxy) is 2. The molecule has 1 aromatic heterocycles. The maximum Gasteiger partial charge on any atom is 0.390 e. The van der Waals surface area contributed by atoms with Crippen LogP contribution in [0.2, 0.25) is 0 Å². The third kappa shape index (κ3) is 5.91. The number of benzene rings is 1. The number of unbranched alkanes of at least 4 members (excludes halogenated alkanes) is 1. The Morgan fingerprint density at radius 2 is 2.08 bits per heavy atom. The third-order valence-corrected chi connectivity index (χ3v) is 7.87. The van der Waals surface area contributed by atoms with Crippen LogP contribution in [0.25, 0.3) is 0 Å². The summed E-state index contributed by atoms with van der Waals surface area (Å²) in [5, 5.41) is 10.5. The minimum atomic E-state index is -0.924. The van der Waals surface area contributed by atoms with Gasteiger partial charge in [0.1, 0.15) is 0 Å². The fourth-order valence-electron chi connectivity index (χ4n) is 5.83. The van der Waals surface area contributed by atoms with E-state index in [1.807, 2.05) is 35.2 Å². The number of hydrogen-bond donors (Lipinski definition) is 1. The highest BCUT2D eigenvalue weighted by Crippen LogP contribution is 2.42. The molecule has 40 heavy (non-hydrogen) atoms. The van der Waals surface area contributed by atoms with Gasteiger partial charge in [-0.15, -0.1) is 0 Å². The molecule has 10 nitrogen and oxygen atoms in total. The molecule has 0 radical (unpaired) electrons. The molecular weight excluding hydrogens is 512 g/mol. The quantitative estimate of drug-likeness (QED) is 0.427. The Labute approximate surface area is 233 Å². The summed E-state index contributed by atoms with van der Waals surface area (Å²) in [5.41, 5.74) is 1.55. The lowest BCUT2D eigenvalue weighted by Gasteiger charge is -2.29. The second kappa shape index (κ2) is 12.4. The van der Waals surface area contributed by atoms with Crippen LogP contribution in [-0.2, 0) is 14.4 Å². The van der Waals surface area contributed by atoms with Gasteiger partial charge in [0.2, 0.25) is 12.7 Å². The van der Waals surface area contributed by atoms with E-state index in [9.17, 15) is 19.5 Å². The van der Waals surface area contributed by atoms with Crippen molar-refractivity contribution in [1.29, 1.82) is 0 Å². The molecule has 1 saturated heterocycles. The number of carbonyl (C=O) groups is 3. The van der Waals surface area contributed by atoms with Gasteiger partial charge in [0.05, 0.1) is 30.8 Å². The Hall–Kier alpha value is -4.05. The molecule has 0 saturated carbocycles. The van der Waals surface area contributed by atoms with Crippen LogP contribution in [0.1, 0.15) is 44.1 Å². The lowest BCUT2D eigenvalue weighted by atomic mass is 9.84. The Morgan fingerprint density at radius 3 is 2.83 bits per heavy atom. The van der Waals surface area contributed by atoms with Crippen molar-refractivity contribution < 1.29 is 33.5 Å². The Bertz CT molecular complexity index is 1310. The molecule has 2 amide bonds. The summed E-state index contributed by atoms with van der Waals surface area (Å²) in [6.45, 7) is 3.58. The number of nitrogens with zero attached hydrogens (tertiary/aromatic N) is 4. The first-order chi connectivity index (χ1) is 19.5. The van der Waals surface area contributed by atoms with E-state index in [-0.39, 0.29) is 31.1 Å². The van der Waals surface area contributed by atoms with E-state index >= 15 is 0 Å². The van der Waals surface area contributed by atoms with Crippen molar-refractivity contribution in [2.24, 2.45) is 5.92 Å². The number of carboxylic acids is 1. The Balaban J connectivity index is 1.43. The van der Waals surface area contributed by atoms with Crippen molar-refractivity contribution in [3.63, 3.8) is 0 Å². The molecule has 4 heterocycles. The van der Waals surface area contributed by atoms with Crippen molar-refractivity contribution in [1.82, 2.24) is 9.88 Å². The van der Waals surface area contributed by atoms with Crippen molar-refractivity contribution in [3.05, 3.63) is 60.4 Å². The van der Waals surface area contributed by atoms with E-state index in [1.165, 1.54) is 0 Å². The zero-order chi connectivity index (χ0) is 28.1. The lowest BCUT2D eigenvalue weighted by Crippen LogP contribution is -2.45. The van der Waals surface area contributed by atoms with Gasteiger partial charge in [0.15, 0.2) is 24.3 Å². The van der Waals surface area contributed by atoms with Crippen molar-refractivity contribution in [2.45, 2.75) is 44.6 Å². The largest absolute Gasteiger partial charge is 0.481 e. The first-order valence-electron chi connectivity index (χ1n) is 13.8. The van der Waals surface area contributed by atoms with E-state index in [2.05, 4.69) is 11.9 Å². The summed E-state index contributed by atoms with van der Waals surface area (Å²) >= 11 is 0. The fraction of sp³-hybridized carbons (Fsp3) is 0.433. The van der Waals surface area contributed by atoms with E-state index in [0.29, 0.717) is 44.0 Å². The Morgan fingerprint density at radius 1 is 1.23 bits per heavy atom. The molecule has 3 atom stereocenters. The van der Waals surface area contributed by atoms with Crippen LogP contribution in [0, 0.1) is 5.92 Å². The number of aromatic nitrogens is 1. The highest BCUT2D eigenvalue weighted by Gasteiger charge is 2.48. The number of fused-ring (bicyclic) bond motifs is 1. The number of carboxylic acid groups (broad SMARTS) is 1. The average molecular weight is 548 g/mol. The van der Waals surface area contributed by atoms with Crippen LogP contribution in [0.5, 0.6) is 11.5 Å². The van der Waals surface area contributed by atoms with Crippen LogP contribution in [-0.4, -0.2) is 82.6 Å². The monoisotopic (exact) mass is 547 g/mol. The summed E-state index contributed by atoms with van der Waals surface area (Å²) in [5.74, 6) is -0.969. The first-order valence-corrected chi connectivity index (χ1v) is 13.8. The summed E-state index contributed by atoms with van der Waals surface area (Å²) < 4.78 is 12.7. The van der Waals surface area contributed by atoms with Gasteiger partial charge in [0, 0.05) is 37.7 Å². The van der Waals surface area contributed by atoms with Gasteiger partial charge < -0.3 is 19.5 Å². The van der Waals surface area contributed by atoms with Gasteiger partial charge in [-0.3, -0.25) is 19.5 Å². The van der Waals surface area contributed by atoms with Crippen LogP contribution >= 0.6 is 0 Å². The SMILES string of the molecule is CCCCN(C(=O)CN1C[C@H](c2ccc3c(c2)OCO3)[C@@H](C(=O)O)[C@@H]1CC[N+]1=CC=CCC1=O)c1cccnc1. The van der Waals surface area contributed by atoms with Gasteiger partial charge in [-0.05, 0) is 42.3 Å². The predicted molar refractivity (Wildman–Crippen MR) is 148 cm³/mol. The van der Waals surface area contributed by atoms with Crippen molar-refractivity contribution in [3.8, 4) is 11.5 Å². The molecule has 0 bridgehead atoms. The number of hydrogen-bond acceptors (Lipinski definition) is 7. The summed E-state index contributed by atoms with van der Waals surface area (Å²) in [4.78, 5) is 46.9. The number of anilines is 1. The first kappa shape index (κ1) is 27.5. The third-order valence-electron chi connectivity index (χ3n) is 7.87. The zero-order valence-electron chi connectivity index (χ0n) is 22.6. The molecule has 2 aromatic rings. The molecule has 0 spiro atoms. The maximum atomic E-state index is 13.8. The molecular formula is C30H35N4O6+. The molecule has 5 rings (SSSR count). The van der Waals surface area contributed by atoms with Crippen LogP contribution in [0.15, 0.2) is 54.9 Å². The van der Waals surface area contributed by atoms with E-state index < -0.39 is 17.9 Å². The number of likely N-dealkylation sites (tertiary alicyclic amines) is 1. The molecule has 3 aliphatic rings. The maximum absolute atomic E-state index is 13.8. The number of amides is 2. The second-order valence-corrected chi connectivity index (χ2v) is 10.3. The number of pyridine rings is 1. The average Bonchev–Trinajstić information content (AvgIpc) is 3.57. The van der Waals surface area contributed by atoms with Crippen LogP contribution in [0.4, 0.5) is 5.69 Å². The number of allylic oxidation sites excluding steroid dienone is 1. The molecule has 1 N–H and O–H groups in total. The van der Waals surface area contributed by atoms with E-state index in [1.54, 1.807) is 40.2 Å². The number of aliphatic carboxylic acids is 1. The molecule has 0 unspecified atom stereocenters. The van der Waals surface area contributed by atoms with E-state index in [4.69, 9.17) is 9.47 Å². The topological polar surface area (TPSA) is 112 Å². The smallest absolute Gasteiger partial charge is 0.390 e. The van der Waals surface area contributed by atoms with Crippen molar-refractivity contribution >= 4 is 29.7 Å². The summed E-state index contributed by atoms with van der Waals surface area (Å²) in [7, 11) is 0. The van der Waals surface area contributed by atoms with Gasteiger partial charge in [-0.25, -0.2) is 4.79 Å². The predicted octanol–water partition coefficient (Wildman–Crippen LogP) is 3.07. The van der Waals surface area contributed by atoms with Gasteiger partial charge in [0.25, 0.3) is 0 Å². The van der Waals surface area contributed by atoms with Crippen molar-refractivity contribution in [2.75, 3.05) is 37.9 Å². The fourth-order valence-corrected chi connectivity index (χ4v) is 5.83. The molecule has 1 aromatic carbocycles. The van der Waals surface area contributed by atoms with Crippen LogP contribution < -0.4 is 14.4 Å². The number of rotatable bonds is 11. The van der Waals surface area contributed by atoms with Crippen LogP contribution in [0.3, 0.4) is 0 Å². The minimum absolute atomic E-state index is 0.0235. The molecule has 1 fully saturated rings. The Kier molecular flexibility index (Phi) is 8.54.